The Bertz CT molecular complexity index is 969. The van der Waals surface area contributed by atoms with E-state index in [0.29, 0.717) is 0 Å². The molecule has 0 unspecified atom stereocenters. The van der Waals surface area contributed by atoms with Gasteiger partial charge in [-0.1, -0.05) is 103 Å². The van der Waals surface area contributed by atoms with E-state index in [1.165, 1.54) is 27.8 Å². The van der Waals surface area contributed by atoms with Crippen LogP contribution in [0.25, 0.3) is 17.7 Å². The summed E-state index contributed by atoms with van der Waals surface area (Å²) in [6, 6.07) is 29.8. The average Bonchev–Trinajstić information content (AvgIpc) is 2.75. The van der Waals surface area contributed by atoms with Crippen LogP contribution >= 0.6 is 0 Å². The maximum Gasteiger partial charge on any atom is 0.0793 e. The van der Waals surface area contributed by atoms with Crippen molar-refractivity contribution in [3.8, 4) is 0 Å². The van der Waals surface area contributed by atoms with Crippen molar-refractivity contribution in [3.05, 3.63) is 113 Å². The monoisotopic (exact) mass is 366 g/mol. The normalized spacial score (nSPS) is 20.4. The van der Waals surface area contributed by atoms with Crippen LogP contribution in [0.3, 0.4) is 0 Å². The van der Waals surface area contributed by atoms with Gasteiger partial charge in [0.05, 0.1) is 5.60 Å². The lowest BCUT2D eigenvalue weighted by Crippen LogP contribution is -2.37. The Hall–Kier alpha value is -2.90. The quantitative estimate of drug-likeness (QED) is 0.490. The number of fused-ring (bicyclic) bond motifs is 1. The summed E-state index contributed by atoms with van der Waals surface area (Å²) in [5.74, 6) is 0. The first-order chi connectivity index (χ1) is 13.8. The van der Waals surface area contributed by atoms with E-state index in [0.717, 1.165) is 19.3 Å². The molecule has 3 aromatic carbocycles. The predicted molar refractivity (Wildman–Crippen MR) is 119 cm³/mol. The fraction of sp³-hybridized carbons (Fsp3) is 0.185. The summed E-state index contributed by atoms with van der Waals surface area (Å²) in [5, 5.41) is 0. The molecule has 0 spiro atoms. The van der Waals surface area contributed by atoms with Crippen molar-refractivity contribution < 1.29 is 4.74 Å². The van der Waals surface area contributed by atoms with Crippen LogP contribution in [-0.2, 0) is 11.2 Å². The zero-order valence-electron chi connectivity index (χ0n) is 16.3. The first-order valence-corrected chi connectivity index (χ1v) is 9.89. The van der Waals surface area contributed by atoms with Crippen LogP contribution in [0.4, 0.5) is 0 Å². The summed E-state index contributed by atoms with van der Waals surface area (Å²) >= 11 is 0. The average molecular weight is 367 g/mol. The van der Waals surface area contributed by atoms with Crippen LogP contribution in [0.5, 0.6) is 0 Å². The lowest BCUT2D eigenvalue weighted by Gasteiger charge is -2.38. The van der Waals surface area contributed by atoms with Crippen LogP contribution in [0, 0.1) is 0 Å². The van der Waals surface area contributed by atoms with Gasteiger partial charge in [-0.15, -0.1) is 0 Å². The molecule has 0 saturated carbocycles. The van der Waals surface area contributed by atoms with Gasteiger partial charge in [-0.25, -0.2) is 0 Å². The van der Waals surface area contributed by atoms with Crippen molar-refractivity contribution >= 4 is 17.7 Å². The van der Waals surface area contributed by atoms with E-state index in [9.17, 15) is 0 Å². The molecule has 0 bridgehead atoms. The third-order valence-corrected chi connectivity index (χ3v) is 5.56. The van der Waals surface area contributed by atoms with Gasteiger partial charge < -0.3 is 4.74 Å². The molecule has 0 aromatic heterocycles. The van der Waals surface area contributed by atoms with E-state index >= 15 is 0 Å². The summed E-state index contributed by atoms with van der Waals surface area (Å²) in [6.45, 7) is 0. The molecule has 1 heteroatoms. The third kappa shape index (κ3) is 4.16. The highest BCUT2D eigenvalue weighted by atomic mass is 16.5. The lowest BCUT2D eigenvalue weighted by molar-refractivity contribution is -0.00514. The summed E-state index contributed by atoms with van der Waals surface area (Å²) in [4.78, 5) is 0. The van der Waals surface area contributed by atoms with Crippen LogP contribution in [-0.4, -0.2) is 12.7 Å². The van der Waals surface area contributed by atoms with Crippen LogP contribution in [0.2, 0.25) is 0 Å². The Labute approximate surface area is 168 Å². The zero-order chi connectivity index (χ0) is 19.2. The molecule has 0 amide bonds. The van der Waals surface area contributed by atoms with E-state index in [-0.39, 0.29) is 5.60 Å². The smallest absolute Gasteiger partial charge is 0.0793 e. The topological polar surface area (TPSA) is 9.23 Å². The molecule has 140 valence electrons. The van der Waals surface area contributed by atoms with Crippen LogP contribution in [0.15, 0.2) is 91.0 Å². The zero-order valence-corrected chi connectivity index (χ0v) is 16.3. The number of benzene rings is 3. The SMILES string of the molecule is CO[C@@]1(C/C=C/c2ccccc2)C/C(=C\c2ccccc2)c2ccccc2C1. The van der Waals surface area contributed by atoms with Crippen LogP contribution < -0.4 is 0 Å². The van der Waals surface area contributed by atoms with Crippen molar-refractivity contribution in [1.82, 2.24) is 0 Å². The molecular formula is C27H26O. The van der Waals surface area contributed by atoms with Crippen molar-refractivity contribution in [2.24, 2.45) is 0 Å². The maximum absolute atomic E-state index is 6.15. The van der Waals surface area contributed by atoms with Gasteiger partial charge in [-0.05, 0) is 34.2 Å². The molecular weight excluding hydrogens is 340 g/mol. The second-order valence-corrected chi connectivity index (χ2v) is 7.50. The highest BCUT2D eigenvalue weighted by Crippen LogP contribution is 2.41. The molecule has 1 aliphatic carbocycles. The van der Waals surface area contributed by atoms with Gasteiger partial charge in [-0.3, -0.25) is 0 Å². The lowest BCUT2D eigenvalue weighted by atomic mass is 9.75. The fourth-order valence-electron chi connectivity index (χ4n) is 4.06. The van der Waals surface area contributed by atoms with E-state index in [1.807, 2.05) is 13.2 Å². The second-order valence-electron chi connectivity index (χ2n) is 7.50. The standard InChI is InChI=1S/C27H26O/c1-28-27(18-10-15-22-11-4-2-5-12-22)20-24-16-8-9-17-26(24)25(21-27)19-23-13-6-3-7-14-23/h2-17,19H,18,20-21H2,1H3/b15-10+,25-19+/t27-/m1/s1. The van der Waals surface area contributed by atoms with Crippen molar-refractivity contribution in [3.63, 3.8) is 0 Å². The van der Waals surface area contributed by atoms with E-state index in [4.69, 9.17) is 4.74 Å². The first-order valence-electron chi connectivity index (χ1n) is 9.89. The Morgan fingerprint density at radius 2 is 1.43 bits per heavy atom. The van der Waals surface area contributed by atoms with Crippen LogP contribution in [0.1, 0.15) is 35.1 Å². The number of rotatable bonds is 5. The first kappa shape index (κ1) is 18.5. The molecule has 1 nitrogen and oxygen atoms in total. The second kappa shape index (κ2) is 8.41. The number of ether oxygens (including phenoxy) is 1. The largest absolute Gasteiger partial charge is 0.377 e. The highest BCUT2D eigenvalue weighted by molar-refractivity contribution is 5.84. The highest BCUT2D eigenvalue weighted by Gasteiger charge is 2.35. The van der Waals surface area contributed by atoms with Crippen molar-refractivity contribution in [2.75, 3.05) is 7.11 Å². The van der Waals surface area contributed by atoms with Gasteiger partial charge >= 0.3 is 0 Å². The molecule has 3 aromatic rings. The van der Waals surface area contributed by atoms with Gasteiger partial charge in [0, 0.05) is 20.0 Å². The van der Waals surface area contributed by atoms with Crippen molar-refractivity contribution in [1.29, 1.82) is 0 Å². The molecule has 0 fully saturated rings. The molecule has 1 atom stereocenters. The summed E-state index contributed by atoms with van der Waals surface area (Å²) < 4.78 is 6.15. The fourth-order valence-corrected chi connectivity index (χ4v) is 4.06. The molecule has 0 N–H and O–H groups in total. The van der Waals surface area contributed by atoms with Gasteiger partial charge in [0.2, 0.25) is 0 Å². The Balaban J connectivity index is 1.65. The van der Waals surface area contributed by atoms with E-state index in [2.05, 4.69) is 97.1 Å². The number of hydrogen-bond acceptors (Lipinski definition) is 1. The van der Waals surface area contributed by atoms with E-state index < -0.39 is 0 Å². The summed E-state index contributed by atoms with van der Waals surface area (Å²) in [6.07, 6.45) is 9.50. The third-order valence-electron chi connectivity index (χ3n) is 5.56. The summed E-state index contributed by atoms with van der Waals surface area (Å²) in [7, 11) is 1.85. The number of hydrogen-bond donors (Lipinski definition) is 0. The minimum atomic E-state index is -0.208. The Morgan fingerprint density at radius 3 is 2.14 bits per heavy atom. The van der Waals surface area contributed by atoms with Gasteiger partial charge in [0.1, 0.15) is 0 Å². The van der Waals surface area contributed by atoms with Gasteiger partial charge in [0.15, 0.2) is 0 Å². The molecule has 0 heterocycles. The maximum atomic E-state index is 6.15. The molecule has 0 radical (unpaired) electrons. The minimum absolute atomic E-state index is 0.208. The molecule has 4 rings (SSSR count). The van der Waals surface area contributed by atoms with Gasteiger partial charge in [-0.2, -0.15) is 0 Å². The predicted octanol–water partition coefficient (Wildman–Crippen LogP) is 6.66. The minimum Gasteiger partial charge on any atom is -0.377 e. The molecule has 1 aliphatic rings. The Morgan fingerprint density at radius 1 is 0.786 bits per heavy atom. The van der Waals surface area contributed by atoms with Gasteiger partial charge in [0.25, 0.3) is 0 Å². The van der Waals surface area contributed by atoms with Crippen molar-refractivity contribution in [2.45, 2.75) is 24.9 Å². The molecule has 0 aliphatic heterocycles. The molecule has 28 heavy (non-hydrogen) atoms. The number of methoxy groups -OCH3 is 1. The molecule has 0 saturated heterocycles. The Kier molecular flexibility index (Phi) is 5.55. The van der Waals surface area contributed by atoms with E-state index in [1.54, 1.807) is 0 Å². The summed E-state index contributed by atoms with van der Waals surface area (Å²) in [5.41, 5.74) is 6.32.